The van der Waals surface area contributed by atoms with Crippen LogP contribution in [0.2, 0.25) is 0 Å². The van der Waals surface area contributed by atoms with Crippen LogP contribution in [0.5, 0.6) is 0 Å². The summed E-state index contributed by atoms with van der Waals surface area (Å²) in [6.07, 6.45) is 0. The number of nitrogens with zero attached hydrogens (tertiary/aromatic N) is 3. The van der Waals surface area contributed by atoms with Gasteiger partial charge in [-0.3, -0.25) is 0 Å². The fourth-order valence-electron chi connectivity index (χ4n) is 14.2. The van der Waals surface area contributed by atoms with Crippen molar-refractivity contribution in [3.8, 4) is 22.3 Å². The molecule has 14 aromatic rings. The minimum Gasteiger partial charge on any atom is -0.343 e. The van der Waals surface area contributed by atoms with Crippen LogP contribution in [0.3, 0.4) is 0 Å². The van der Waals surface area contributed by atoms with Crippen LogP contribution < -0.4 is 14.7 Å². The molecular weight excluding hydrogens is 1220 g/mol. The molecule has 3 nitrogen and oxygen atoms in total. The molecule has 3 heterocycles. The van der Waals surface area contributed by atoms with E-state index in [2.05, 4.69) is 363 Å². The van der Waals surface area contributed by atoms with E-state index in [1.54, 1.807) is 0 Å². The van der Waals surface area contributed by atoms with Gasteiger partial charge >= 0.3 is 0 Å². The predicted molar refractivity (Wildman–Crippen MR) is 416 cm³/mol. The van der Waals surface area contributed by atoms with Gasteiger partial charge in [0.2, 0.25) is 0 Å². The lowest BCUT2D eigenvalue weighted by Crippen LogP contribution is -2.18. The first-order chi connectivity index (χ1) is 46.6. The van der Waals surface area contributed by atoms with Crippen molar-refractivity contribution >= 4 is 102 Å². The zero-order chi connectivity index (χ0) is 66.2. The average molecular weight is 1300 g/mol. The van der Waals surface area contributed by atoms with Crippen molar-refractivity contribution < 1.29 is 0 Å². The van der Waals surface area contributed by atoms with Crippen LogP contribution in [-0.4, -0.2) is 21.1 Å². The maximum atomic E-state index is 2.42. The number of hydrogen-bond donors (Lipinski definition) is 0. The Morgan fingerprint density at radius 1 is 0.250 bits per heavy atom. The van der Waals surface area contributed by atoms with Crippen molar-refractivity contribution in [1.29, 1.82) is 0 Å². The highest BCUT2D eigenvalue weighted by Gasteiger charge is 2.39. The molecule has 0 fully saturated rings. The zero-order valence-electron chi connectivity index (χ0n) is 56.4. The first kappa shape index (κ1) is 63.7. The Kier molecular flexibility index (Phi) is 17.8. The van der Waals surface area contributed by atoms with Gasteiger partial charge in [-0.15, -0.1) is 0 Å². The van der Waals surface area contributed by atoms with Crippen molar-refractivity contribution in [1.82, 2.24) is 0 Å². The standard InChI is InChI=1S/2C22H19NS.C17H13NS.2C11H10.C7H8/c1-22(2)16-9-5-4-8-14(16)15-12-21-19(13-17(15)22)23(3)18-10-6-7-11-20(18)24-21;1-22(2)16-9-5-4-8-14(16)15-12-19-21(13-17(15)22)24-20-11-7-6-10-18(20)23(19)3;1-18-14-8-4-5-9-16(14)19-17-13-7-3-2-6-12(13)10-11-15(17)18;1-9-5-4-7-10-6-2-3-8-11(9)10;1-9-6-7-10-4-2-3-5-11(10)8-9;1-7-5-3-2-4-6-7/h2*4-13H,1-3H3;2-11H,1H3;2*2-8H,1H3;2-6H,1H3. The maximum absolute atomic E-state index is 2.42. The number of hydrogen-bond acceptors (Lipinski definition) is 6. The molecule has 0 amide bonds. The fraction of sp³-hybridized carbons (Fsp3) is 0.133. The van der Waals surface area contributed by atoms with Crippen LogP contribution in [0, 0.1) is 20.8 Å². The third-order valence-electron chi connectivity index (χ3n) is 19.5. The van der Waals surface area contributed by atoms with Gasteiger partial charge in [-0.25, -0.2) is 0 Å². The van der Waals surface area contributed by atoms with E-state index in [1.165, 1.54) is 157 Å². The van der Waals surface area contributed by atoms with Gasteiger partial charge in [0, 0.05) is 61.3 Å². The van der Waals surface area contributed by atoms with Crippen LogP contribution in [-0.2, 0) is 10.8 Å². The first-order valence-corrected chi connectivity index (χ1v) is 35.6. The summed E-state index contributed by atoms with van der Waals surface area (Å²) in [6.45, 7) is 15.7. The largest absolute Gasteiger partial charge is 0.343 e. The number of anilines is 6. The van der Waals surface area contributed by atoms with Crippen molar-refractivity contribution in [3.63, 3.8) is 0 Å². The Bertz CT molecular complexity index is 5210. The molecule has 472 valence electrons. The molecular formula is C90H79N3S3. The van der Waals surface area contributed by atoms with E-state index in [0.29, 0.717) is 0 Å². The van der Waals surface area contributed by atoms with Gasteiger partial charge in [0.1, 0.15) is 0 Å². The lowest BCUT2D eigenvalue weighted by molar-refractivity contribution is 0.658. The minimum absolute atomic E-state index is 0.0590. The van der Waals surface area contributed by atoms with E-state index in [1.807, 2.05) is 53.5 Å². The Morgan fingerprint density at radius 3 is 1.26 bits per heavy atom. The SMILES string of the molecule is CN1c2ccccc2Sc2c1ccc1ccccc21.CN1c2ccccc2Sc2cc3c(cc21)-c1ccccc1C3(C)C.CN1c2ccccc2Sc2cc3c(cc21)C(C)(C)c1ccccc1-3.Cc1ccc2ccccc2c1.Cc1cccc2ccccc12.Cc1ccccc1. The third-order valence-corrected chi connectivity index (χ3v) is 22.9. The zero-order valence-corrected chi connectivity index (χ0v) is 58.8. The number of rotatable bonds is 0. The minimum atomic E-state index is 0.0590. The molecule has 5 aliphatic rings. The number of benzene rings is 14. The molecule has 0 radical (unpaired) electrons. The molecule has 0 saturated heterocycles. The summed E-state index contributed by atoms with van der Waals surface area (Å²) in [4.78, 5) is 15.0. The van der Waals surface area contributed by atoms with Crippen LogP contribution in [0.25, 0.3) is 54.6 Å². The van der Waals surface area contributed by atoms with E-state index >= 15 is 0 Å². The molecule has 0 unspecified atom stereocenters. The topological polar surface area (TPSA) is 9.72 Å². The molecule has 19 rings (SSSR count). The Labute approximate surface area is 580 Å². The average Bonchev–Trinajstić information content (AvgIpc) is 1.50. The summed E-state index contributed by atoms with van der Waals surface area (Å²) in [5.74, 6) is 0. The molecule has 0 spiro atoms. The fourth-order valence-corrected chi connectivity index (χ4v) is 17.8. The third kappa shape index (κ3) is 12.3. The maximum Gasteiger partial charge on any atom is 0.0556 e. The number of aryl methyl sites for hydroxylation is 3. The highest BCUT2D eigenvalue weighted by molar-refractivity contribution is 8.00. The Hall–Kier alpha value is -9.69. The van der Waals surface area contributed by atoms with Gasteiger partial charge in [0.25, 0.3) is 0 Å². The molecule has 96 heavy (non-hydrogen) atoms. The van der Waals surface area contributed by atoms with E-state index in [4.69, 9.17) is 0 Å². The molecule has 6 heteroatoms. The second-order valence-corrected chi connectivity index (χ2v) is 29.6. The number of para-hydroxylation sites is 3. The van der Waals surface area contributed by atoms with Gasteiger partial charge in [-0.2, -0.15) is 0 Å². The number of fused-ring (bicyclic) bond motifs is 16. The van der Waals surface area contributed by atoms with Crippen molar-refractivity contribution in [2.24, 2.45) is 0 Å². The molecule has 0 bridgehead atoms. The van der Waals surface area contributed by atoms with Crippen molar-refractivity contribution in [2.45, 2.75) is 88.7 Å². The van der Waals surface area contributed by atoms with E-state index < -0.39 is 0 Å². The highest BCUT2D eigenvalue weighted by atomic mass is 32.2. The molecule has 3 aliphatic heterocycles. The quantitative estimate of drug-likeness (QED) is 0.149. The van der Waals surface area contributed by atoms with Gasteiger partial charge in [0.15, 0.2) is 0 Å². The van der Waals surface area contributed by atoms with Gasteiger partial charge < -0.3 is 14.7 Å². The summed E-state index contributed by atoms with van der Waals surface area (Å²) >= 11 is 5.65. The first-order valence-electron chi connectivity index (χ1n) is 33.1. The van der Waals surface area contributed by atoms with Gasteiger partial charge in [-0.05, 0) is 170 Å². The summed E-state index contributed by atoms with van der Waals surface area (Å²) < 4.78 is 0. The molecule has 0 saturated carbocycles. The second kappa shape index (κ2) is 26.8. The molecule has 14 aromatic carbocycles. The van der Waals surface area contributed by atoms with E-state index in [-0.39, 0.29) is 10.8 Å². The molecule has 0 N–H and O–H groups in total. The second-order valence-electron chi connectivity index (χ2n) is 26.4. The van der Waals surface area contributed by atoms with E-state index in [9.17, 15) is 0 Å². The molecule has 0 atom stereocenters. The lowest BCUT2D eigenvalue weighted by Gasteiger charge is -2.31. The summed E-state index contributed by atoms with van der Waals surface area (Å²) in [5.41, 5.74) is 23.2. The summed E-state index contributed by atoms with van der Waals surface area (Å²) in [7, 11) is 6.50. The molecule has 2 aliphatic carbocycles. The predicted octanol–water partition coefficient (Wildman–Crippen LogP) is 25.8. The van der Waals surface area contributed by atoms with Crippen molar-refractivity contribution in [3.05, 3.63) is 336 Å². The smallest absolute Gasteiger partial charge is 0.0556 e. The Balaban J connectivity index is 0.000000104. The summed E-state index contributed by atoms with van der Waals surface area (Å²) in [5, 5.41) is 7.97. The van der Waals surface area contributed by atoms with Gasteiger partial charge in [-0.1, -0.05) is 305 Å². The lowest BCUT2D eigenvalue weighted by atomic mass is 9.82. The monoisotopic (exact) mass is 1300 g/mol. The van der Waals surface area contributed by atoms with E-state index in [0.717, 1.165) is 0 Å². The molecule has 0 aromatic heterocycles. The summed E-state index contributed by atoms with van der Waals surface area (Å²) in [6, 6.07) is 106. The Morgan fingerprint density at radius 2 is 0.677 bits per heavy atom. The van der Waals surface area contributed by atoms with Crippen LogP contribution in [0.15, 0.2) is 327 Å². The van der Waals surface area contributed by atoms with Crippen LogP contribution in [0.1, 0.15) is 66.6 Å². The normalized spacial score (nSPS) is 13.7. The highest BCUT2D eigenvalue weighted by Crippen LogP contribution is 2.58. The van der Waals surface area contributed by atoms with Crippen LogP contribution >= 0.6 is 35.3 Å². The van der Waals surface area contributed by atoms with Gasteiger partial charge in [0.05, 0.1) is 34.1 Å². The van der Waals surface area contributed by atoms with Crippen molar-refractivity contribution in [2.75, 3.05) is 35.8 Å². The van der Waals surface area contributed by atoms with Crippen LogP contribution in [0.4, 0.5) is 34.1 Å².